The second-order valence-corrected chi connectivity index (χ2v) is 18.2. The predicted octanol–water partition coefficient (Wildman–Crippen LogP) is 13.0. The molecule has 0 radical (unpaired) electrons. The van der Waals surface area contributed by atoms with Crippen molar-refractivity contribution in [3.8, 4) is 0 Å². The zero-order valence-corrected chi connectivity index (χ0v) is 43.0. The molecule has 0 aromatic heterocycles. The third-order valence-electron chi connectivity index (χ3n) is 11.8. The Morgan fingerprint density at radius 1 is 0.507 bits per heavy atom. The number of carboxylic acid groups (broad SMARTS) is 1. The first-order chi connectivity index (χ1) is 33.6. The van der Waals surface area contributed by atoms with Gasteiger partial charge in [0, 0.05) is 12.8 Å². The highest BCUT2D eigenvalue weighted by Gasteiger charge is 2.50. The Hall–Kier alpha value is -3.84. The predicted molar refractivity (Wildman–Crippen MR) is 275 cm³/mol. The first-order valence-electron chi connectivity index (χ1n) is 26.9. The van der Waals surface area contributed by atoms with Crippen LogP contribution < -0.4 is 0 Å². The molecule has 6 atom stereocenters. The van der Waals surface area contributed by atoms with Gasteiger partial charge < -0.3 is 39.0 Å². The fourth-order valence-corrected chi connectivity index (χ4v) is 7.66. The van der Waals surface area contributed by atoms with E-state index in [0.717, 1.165) is 83.5 Å². The van der Waals surface area contributed by atoms with Gasteiger partial charge in [-0.05, 0) is 64.2 Å². The number of aliphatic hydroxyl groups is 2. The summed E-state index contributed by atoms with van der Waals surface area (Å²) in [5, 5.41) is 31.3. The molecule has 1 aliphatic heterocycles. The van der Waals surface area contributed by atoms with Crippen LogP contribution in [-0.4, -0.2) is 89.2 Å². The second kappa shape index (κ2) is 45.3. The maximum Gasteiger partial charge on any atom is 0.335 e. The minimum Gasteiger partial charge on any atom is -0.479 e. The van der Waals surface area contributed by atoms with Crippen molar-refractivity contribution >= 4 is 23.9 Å². The lowest BCUT2D eigenvalue weighted by Gasteiger charge is -2.40. The summed E-state index contributed by atoms with van der Waals surface area (Å²) in [6, 6.07) is 0. The third kappa shape index (κ3) is 35.8. The average molecular weight is 971 g/mol. The minimum absolute atomic E-state index is 0.0153. The highest BCUT2D eigenvalue weighted by Crippen LogP contribution is 2.26. The average Bonchev–Trinajstić information content (AvgIpc) is 3.33. The molecule has 12 heteroatoms. The Balaban J connectivity index is 2.79. The Bertz CT molecular complexity index is 1480. The number of aliphatic carboxylic acids is 1. The number of rotatable bonds is 44. The van der Waals surface area contributed by atoms with Crippen LogP contribution in [0.25, 0.3) is 0 Å². The summed E-state index contributed by atoms with van der Waals surface area (Å²) in [5.74, 6) is -3.30. The lowest BCUT2D eigenvalue weighted by molar-refractivity contribution is -0.301. The number of unbranched alkanes of at least 4 members (excludes halogenated alkanes) is 19. The van der Waals surface area contributed by atoms with E-state index >= 15 is 0 Å². The highest BCUT2D eigenvalue weighted by atomic mass is 16.7. The van der Waals surface area contributed by atoms with Crippen LogP contribution in [0.1, 0.15) is 213 Å². The number of allylic oxidation sites excluding steroid dienone is 11. The Morgan fingerprint density at radius 3 is 1.49 bits per heavy atom. The zero-order chi connectivity index (χ0) is 50.4. The van der Waals surface area contributed by atoms with Gasteiger partial charge in [0.05, 0.1) is 13.0 Å². The van der Waals surface area contributed by atoms with E-state index in [2.05, 4.69) is 75.5 Å². The van der Waals surface area contributed by atoms with Gasteiger partial charge in [-0.15, -0.1) is 0 Å². The number of hydrogen-bond acceptors (Lipinski definition) is 11. The van der Waals surface area contributed by atoms with E-state index in [4.69, 9.17) is 23.7 Å². The molecule has 69 heavy (non-hydrogen) atoms. The third-order valence-corrected chi connectivity index (χ3v) is 11.8. The van der Waals surface area contributed by atoms with Crippen molar-refractivity contribution in [1.82, 2.24) is 0 Å². The molecule has 0 spiro atoms. The van der Waals surface area contributed by atoms with Crippen molar-refractivity contribution < 1.29 is 58.2 Å². The van der Waals surface area contributed by atoms with Crippen LogP contribution in [0.4, 0.5) is 0 Å². The molecule has 1 aliphatic rings. The normalized spacial score (nSPS) is 19.2. The Kier molecular flexibility index (Phi) is 41.5. The van der Waals surface area contributed by atoms with Gasteiger partial charge in [-0.25, -0.2) is 4.79 Å². The molecule has 394 valence electrons. The van der Waals surface area contributed by atoms with Crippen LogP contribution in [0.3, 0.4) is 0 Å². The van der Waals surface area contributed by atoms with E-state index in [1.165, 1.54) is 70.6 Å². The Labute approximate surface area is 417 Å². The van der Waals surface area contributed by atoms with Crippen molar-refractivity contribution in [1.29, 1.82) is 0 Å². The molecule has 1 rings (SSSR count). The number of esters is 3. The van der Waals surface area contributed by atoms with Crippen LogP contribution in [-0.2, 0) is 42.9 Å². The van der Waals surface area contributed by atoms with E-state index in [9.17, 15) is 34.5 Å². The summed E-state index contributed by atoms with van der Waals surface area (Å²) >= 11 is 0. The van der Waals surface area contributed by atoms with Crippen LogP contribution in [0.15, 0.2) is 72.9 Å². The van der Waals surface area contributed by atoms with Crippen molar-refractivity contribution in [2.24, 2.45) is 0 Å². The minimum atomic E-state index is -1.91. The molecule has 12 nitrogen and oxygen atoms in total. The monoisotopic (exact) mass is 971 g/mol. The van der Waals surface area contributed by atoms with Gasteiger partial charge in [0.15, 0.2) is 24.6 Å². The van der Waals surface area contributed by atoms with E-state index in [1.54, 1.807) is 6.08 Å². The quantitative estimate of drug-likeness (QED) is 0.0228. The fraction of sp³-hybridized carbons (Fsp3) is 0.719. The number of carboxylic acids is 1. The van der Waals surface area contributed by atoms with Gasteiger partial charge >= 0.3 is 23.9 Å². The smallest absolute Gasteiger partial charge is 0.335 e. The molecule has 3 N–H and O–H groups in total. The summed E-state index contributed by atoms with van der Waals surface area (Å²) in [5.41, 5.74) is 0. The summed E-state index contributed by atoms with van der Waals surface area (Å²) < 4.78 is 28.2. The van der Waals surface area contributed by atoms with Crippen molar-refractivity contribution in [2.45, 2.75) is 250 Å². The van der Waals surface area contributed by atoms with Crippen LogP contribution >= 0.6 is 0 Å². The summed E-state index contributed by atoms with van der Waals surface area (Å²) in [4.78, 5) is 50.8. The van der Waals surface area contributed by atoms with Crippen LogP contribution in [0.2, 0.25) is 0 Å². The number of hydrogen-bond donors (Lipinski definition) is 3. The summed E-state index contributed by atoms with van der Waals surface area (Å²) in [7, 11) is 0. The largest absolute Gasteiger partial charge is 0.479 e. The topological polar surface area (TPSA) is 175 Å². The number of aliphatic hydroxyl groups excluding tert-OH is 2. The molecule has 0 aliphatic carbocycles. The molecule has 1 heterocycles. The van der Waals surface area contributed by atoms with Crippen molar-refractivity contribution in [2.75, 3.05) is 13.2 Å². The van der Waals surface area contributed by atoms with Crippen molar-refractivity contribution in [3.63, 3.8) is 0 Å². The number of carbonyl (C=O) groups excluding carboxylic acids is 3. The van der Waals surface area contributed by atoms with E-state index in [-0.39, 0.29) is 25.9 Å². The fourth-order valence-electron chi connectivity index (χ4n) is 7.66. The van der Waals surface area contributed by atoms with Crippen molar-refractivity contribution in [3.05, 3.63) is 72.9 Å². The first-order valence-corrected chi connectivity index (χ1v) is 26.9. The van der Waals surface area contributed by atoms with Gasteiger partial charge in [-0.1, -0.05) is 203 Å². The highest BCUT2D eigenvalue weighted by molar-refractivity contribution is 5.74. The molecule has 0 aromatic rings. The van der Waals surface area contributed by atoms with Gasteiger partial charge in [0.1, 0.15) is 18.8 Å². The second-order valence-electron chi connectivity index (χ2n) is 18.2. The van der Waals surface area contributed by atoms with Crippen LogP contribution in [0.5, 0.6) is 0 Å². The maximum absolute atomic E-state index is 13.1. The molecule has 1 saturated heterocycles. The molecule has 0 bridgehead atoms. The van der Waals surface area contributed by atoms with Gasteiger partial charge in [0.2, 0.25) is 0 Å². The molecule has 0 saturated carbocycles. The van der Waals surface area contributed by atoms with E-state index in [1.807, 2.05) is 12.2 Å². The number of ether oxygens (including phenoxy) is 5. The molecule has 6 unspecified atom stereocenters. The van der Waals surface area contributed by atoms with Crippen LogP contribution in [0, 0.1) is 0 Å². The molecular weight excluding hydrogens is 877 g/mol. The van der Waals surface area contributed by atoms with E-state index in [0.29, 0.717) is 19.3 Å². The van der Waals surface area contributed by atoms with E-state index < -0.39 is 67.3 Å². The summed E-state index contributed by atoms with van der Waals surface area (Å²) in [6.45, 7) is 5.72. The molecule has 1 fully saturated rings. The first kappa shape index (κ1) is 63.2. The number of carbonyl (C=O) groups is 4. The van der Waals surface area contributed by atoms with Gasteiger partial charge in [-0.2, -0.15) is 0 Å². The lowest BCUT2D eigenvalue weighted by Crippen LogP contribution is -2.61. The maximum atomic E-state index is 13.1. The van der Waals surface area contributed by atoms with Gasteiger partial charge in [-0.3, -0.25) is 14.4 Å². The molecular formula is C57H94O12. The lowest BCUT2D eigenvalue weighted by atomic mass is 9.98. The SMILES string of the molecule is CC/C=C\C/C=C\C/C=C\C/C=C\C/C=C\CC(=O)OCC(COC1OC(C(=O)O)C(O)C(O)C1OC(=O)CCCCCCC/C=C\CCCC)OC(=O)CCCCCCCCCCCCCCC. The standard InChI is InChI=1S/C57H94O12/c1-4-7-10-13-16-19-22-24-25-27-29-31-34-37-40-43-49(58)65-46-48(67-50(59)44-41-38-35-33-30-26-23-20-17-14-11-8-5-2)47-66-57-55(53(62)52(61)54(69-57)56(63)64)68-51(60)45-42-39-36-32-28-21-18-15-12-9-6-3/h7,10,15-16,18-19,24-25,29,31,37,40,48,52-55,57,61-62H,4-6,8-9,11-14,17,20-23,26-28,30,32-36,38-39,41-47H2,1-3H3,(H,63,64)/b10-7-,18-15-,19-16-,25-24-,31-29-,40-37-. The summed E-state index contributed by atoms with van der Waals surface area (Å²) in [6.07, 6.45) is 43.5. The Morgan fingerprint density at radius 2 is 0.971 bits per heavy atom. The molecule has 0 aromatic carbocycles. The zero-order valence-electron chi connectivity index (χ0n) is 43.0. The van der Waals surface area contributed by atoms with Gasteiger partial charge in [0.25, 0.3) is 0 Å². The molecule has 0 amide bonds.